The van der Waals surface area contributed by atoms with E-state index in [1.54, 1.807) is 6.08 Å². The van der Waals surface area contributed by atoms with E-state index in [1.165, 1.54) is 4.80 Å². The summed E-state index contributed by atoms with van der Waals surface area (Å²) in [5.74, 6) is 0.336. The average Bonchev–Trinajstić information content (AvgIpc) is 3.11. The topological polar surface area (TPSA) is 71.2 Å². The fourth-order valence-corrected chi connectivity index (χ4v) is 3.43. The molecule has 2 N–H and O–H groups in total. The van der Waals surface area contributed by atoms with Gasteiger partial charge in [0.25, 0.3) is 0 Å². The summed E-state index contributed by atoms with van der Waals surface area (Å²) in [7, 11) is 0. The molecule has 1 heterocycles. The Morgan fingerprint density at radius 1 is 0.929 bits per heavy atom. The Labute approximate surface area is 163 Å². The van der Waals surface area contributed by atoms with Crippen LogP contribution in [0, 0.1) is 13.8 Å². The molecule has 0 unspecified atom stereocenters. The predicted octanol–water partition coefficient (Wildman–Crippen LogP) is 4.68. The summed E-state index contributed by atoms with van der Waals surface area (Å²) < 4.78 is 0. The maximum Gasteiger partial charge on any atom is 0.146 e. The third kappa shape index (κ3) is 3.11. The van der Waals surface area contributed by atoms with Crippen molar-refractivity contribution in [2.24, 2.45) is 0 Å². The molecule has 3 aromatic carbocycles. The lowest BCUT2D eigenvalue weighted by Gasteiger charge is -2.13. The first-order chi connectivity index (χ1) is 13.5. The Morgan fingerprint density at radius 3 is 2.21 bits per heavy atom. The van der Waals surface area contributed by atoms with Gasteiger partial charge in [-0.1, -0.05) is 30.9 Å². The second-order valence-electron chi connectivity index (χ2n) is 7.00. The lowest BCUT2D eigenvalue weighted by atomic mass is 9.97. The Balaban J connectivity index is 1.81. The predicted molar refractivity (Wildman–Crippen MR) is 111 cm³/mol. The normalized spacial score (nSPS) is 11.1. The molecule has 0 bridgehead atoms. The van der Waals surface area contributed by atoms with Crippen LogP contribution in [-0.2, 0) is 6.42 Å². The molecule has 0 spiro atoms. The summed E-state index contributed by atoms with van der Waals surface area (Å²) in [5.41, 5.74) is 6.15. The molecule has 28 heavy (non-hydrogen) atoms. The van der Waals surface area contributed by atoms with Gasteiger partial charge in [0.05, 0.1) is 0 Å². The fraction of sp³-hybridized carbons (Fsp3) is 0.130. The number of aryl methyl sites for hydroxylation is 2. The minimum absolute atomic E-state index is 0.104. The van der Waals surface area contributed by atoms with E-state index >= 15 is 0 Å². The van der Waals surface area contributed by atoms with Crippen molar-refractivity contribution in [1.29, 1.82) is 0 Å². The molecule has 1 aromatic heterocycles. The van der Waals surface area contributed by atoms with Crippen LogP contribution in [0.2, 0.25) is 0 Å². The highest BCUT2D eigenvalue weighted by molar-refractivity contribution is 5.73. The van der Waals surface area contributed by atoms with Gasteiger partial charge >= 0.3 is 0 Å². The summed E-state index contributed by atoms with van der Waals surface area (Å²) in [5, 5.41) is 30.4. The lowest BCUT2D eigenvalue weighted by molar-refractivity contribution is 0.456. The first-order valence-corrected chi connectivity index (χ1v) is 9.06. The quantitative estimate of drug-likeness (QED) is 0.546. The summed E-state index contributed by atoms with van der Waals surface area (Å²) in [6.07, 6.45) is 2.13. The summed E-state index contributed by atoms with van der Waals surface area (Å²) in [6, 6.07) is 15.1. The Kier molecular flexibility index (Phi) is 4.35. The maximum atomic E-state index is 10.9. The number of aromatic nitrogens is 3. The molecular formula is C23H21N3O2. The number of fused-ring (bicyclic) bond motifs is 1. The third-order valence-electron chi connectivity index (χ3n) is 4.83. The van der Waals surface area contributed by atoms with Crippen LogP contribution in [0.4, 0.5) is 0 Å². The van der Waals surface area contributed by atoms with Crippen LogP contribution in [0.5, 0.6) is 11.5 Å². The van der Waals surface area contributed by atoms with Crippen molar-refractivity contribution in [3.63, 3.8) is 0 Å². The second-order valence-corrected chi connectivity index (χ2v) is 7.00. The fourth-order valence-electron chi connectivity index (χ4n) is 3.43. The molecule has 5 nitrogen and oxygen atoms in total. The van der Waals surface area contributed by atoms with Gasteiger partial charge in [0.1, 0.15) is 28.2 Å². The van der Waals surface area contributed by atoms with E-state index in [2.05, 4.69) is 16.8 Å². The standard InChI is InChI=1S/C23H21N3O2/c1-4-16-11-15(3)22(27)18(12-16)13-17-9-14(2)10-21(23(17)28)26-24-19-7-5-6-8-20(19)25-26/h4-12,27-28H,1,13H2,2-3H3. The number of phenolic OH excluding ortho intramolecular Hbond substituents is 2. The van der Waals surface area contributed by atoms with Crippen molar-refractivity contribution >= 4 is 17.1 Å². The van der Waals surface area contributed by atoms with E-state index in [0.29, 0.717) is 17.7 Å². The zero-order valence-corrected chi connectivity index (χ0v) is 15.8. The minimum Gasteiger partial charge on any atom is -0.507 e. The number of phenols is 2. The molecule has 0 aliphatic carbocycles. The van der Waals surface area contributed by atoms with Crippen LogP contribution in [-0.4, -0.2) is 25.2 Å². The SMILES string of the molecule is C=Cc1cc(C)c(O)c(Cc2cc(C)cc(-n3nc4ccccc4n3)c2O)c1. The third-order valence-corrected chi connectivity index (χ3v) is 4.83. The van der Waals surface area contributed by atoms with Gasteiger partial charge in [-0.3, -0.25) is 0 Å². The highest BCUT2D eigenvalue weighted by Crippen LogP contribution is 2.33. The van der Waals surface area contributed by atoms with E-state index in [-0.39, 0.29) is 11.5 Å². The van der Waals surface area contributed by atoms with E-state index in [4.69, 9.17) is 0 Å². The zero-order chi connectivity index (χ0) is 19.8. The van der Waals surface area contributed by atoms with E-state index in [0.717, 1.165) is 33.3 Å². The number of nitrogens with zero attached hydrogens (tertiary/aromatic N) is 3. The number of aromatic hydroxyl groups is 2. The zero-order valence-electron chi connectivity index (χ0n) is 15.8. The van der Waals surface area contributed by atoms with Gasteiger partial charge in [-0.2, -0.15) is 0 Å². The summed E-state index contributed by atoms with van der Waals surface area (Å²) in [4.78, 5) is 1.46. The van der Waals surface area contributed by atoms with Gasteiger partial charge in [-0.25, -0.2) is 0 Å². The smallest absolute Gasteiger partial charge is 0.146 e. The average molecular weight is 371 g/mol. The first-order valence-electron chi connectivity index (χ1n) is 9.06. The maximum absolute atomic E-state index is 10.9. The Morgan fingerprint density at radius 2 is 1.57 bits per heavy atom. The molecule has 0 aliphatic rings. The lowest BCUT2D eigenvalue weighted by Crippen LogP contribution is -2.02. The second kappa shape index (κ2) is 6.85. The van der Waals surface area contributed by atoms with E-state index in [1.807, 2.05) is 62.4 Å². The molecular weight excluding hydrogens is 350 g/mol. The van der Waals surface area contributed by atoms with Gasteiger partial charge in [0.15, 0.2) is 0 Å². The molecule has 140 valence electrons. The molecule has 4 rings (SSSR count). The monoisotopic (exact) mass is 371 g/mol. The van der Waals surface area contributed by atoms with Crippen LogP contribution in [0.3, 0.4) is 0 Å². The minimum atomic E-state index is 0.104. The molecule has 0 saturated carbocycles. The van der Waals surface area contributed by atoms with Gasteiger partial charge < -0.3 is 10.2 Å². The van der Waals surface area contributed by atoms with Crippen LogP contribution in [0.1, 0.15) is 27.8 Å². The number of rotatable bonds is 4. The summed E-state index contributed by atoms with van der Waals surface area (Å²) in [6.45, 7) is 7.62. The first kappa shape index (κ1) is 17.8. The largest absolute Gasteiger partial charge is 0.507 e. The van der Waals surface area contributed by atoms with Gasteiger partial charge in [-0.05, 0) is 66.4 Å². The number of hydrogen-bond acceptors (Lipinski definition) is 4. The Bertz CT molecular complexity index is 1180. The number of hydrogen-bond donors (Lipinski definition) is 2. The van der Waals surface area contributed by atoms with Crippen LogP contribution >= 0.6 is 0 Å². The molecule has 0 atom stereocenters. The van der Waals surface area contributed by atoms with Crippen LogP contribution in [0.15, 0.2) is 55.1 Å². The van der Waals surface area contributed by atoms with Crippen molar-refractivity contribution in [3.05, 3.63) is 82.9 Å². The van der Waals surface area contributed by atoms with Gasteiger partial charge in [-0.15, -0.1) is 15.0 Å². The van der Waals surface area contributed by atoms with Crippen molar-refractivity contribution in [3.8, 4) is 17.2 Å². The van der Waals surface area contributed by atoms with Crippen molar-refractivity contribution < 1.29 is 10.2 Å². The van der Waals surface area contributed by atoms with Gasteiger partial charge in [0, 0.05) is 12.0 Å². The molecule has 0 amide bonds. The molecule has 0 radical (unpaired) electrons. The highest BCUT2D eigenvalue weighted by Gasteiger charge is 2.16. The highest BCUT2D eigenvalue weighted by atomic mass is 16.3. The molecule has 0 fully saturated rings. The molecule has 0 saturated heterocycles. The number of benzene rings is 3. The van der Waals surface area contributed by atoms with Crippen LogP contribution in [0.25, 0.3) is 22.8 Å². The van der Waals surface area contributed by atoms with E-state index in [9.17, 15) is 10.2 Å². The molecule has 0 aliphatic heterocycles. The summed E-state index contributed by atoms with van der Waals surface area (Å²) >= 11 is 0. The Hall–Kier alpha value is -3.60. The van der Waals surface area contributed by atoms with E-state index < -0.39 is 0 Å². The van der Waals surface area contributed by atoms with Crippen molar-refractivity contribution in [1.82, 2.24) is 15.0 Å². The van der Waals surface area contributed by atoms with Crippen molar-refractivity contribution in [2.75, 3.05) is 0 Å². The van der Waals surface area contributed by atoms with Gasteiger partial charge in [0.2, 0.25) is 0 Å². The van der Waals surface area contributed by atoms with Crippen LogP contribution < -0.4 is 0 Å². The van der Waals surface area contributed by atoms with Crippen molar-refractivity contribution in [2.45, 2.75) is 20.3 Å². The molecule has 5 heteroatoms. The molecule has 4 aromatic rings.